The topological polar surface area (TPSA) is 79.1 Å². The van der Waals surface area contributed by atoms with Gasteiger partial charge in [0.1, 0.15) is 5.69 Å². The van der Waals surface area contributed by atoms with Gasteiger partial charge in [0.15, 0.2) is 5.78 Å². The van der Waals surface area contributed by atoms with Crippen molar-refractivity contribution in [3.05, 3.63) is 76.6 Å². The van der Waals surface area contributed by atoms with Crippen LogP contribution in [0.4, 0.5) is 0 Å². The molecule has 130 valence electrons. The van der Waals surface area contributed by atoms with Gasteiger partial charge in [0.2, 0.25) is 5.78 Å². The van der Waals surface area contributed by atoms with Crippen molar-refractivity contribution in [1.82, 2.24) is 9.30 Å². The molecule has 0 saturated carbocycles. The van der Waals surface area contributed by atoms with Gasteiger partial charge in [0, 0.05) is 30.9 Å². The number of amides is 1. The highest BCUT2D eigenvalue weighted by Gasteiger charge is 2.38. The number of nitrogens with zero attached hydrogens (tertiary/aromatic N) is 2. The van der Waals surface area contributed by atoms with Crippen LogP contribution < -0.4 is 0 Å². The van der Waals surface area contributed by atoms with Gasteiger partial charge in [-0.2, -0.15) is 0 Å². The number of rotatable bonds is 3. The van der Waals surface area contributed by atoms with Gasteiger partial charge in [0.05, 0.1) is 23.3 Å². The number of aliphatic hydroxyl groups excluding tert-OH is 1. The summed E-state index contributed by atoms with van der Waals surface area (Å²) in [5, 5.41) is 9.14. The Morgan fingerprint density at radius 3 is 2.38 bits per heavy atom. The second-order valence-corrected chi connectivity index (χ2v) is 6.21. The fraction of sp³-hybridized carbons (Fsp3) is 0.150. The first-order chi connectivity index (χ1) is 12.6. The lowest BCUT2D eigenvalue weighted by Crippen LogP contribution is -2.31. The molecule has 2 heterocycles. The number of benzene rings is 1. The van der Waals surface area contributed by atoms with E-state index in [0.29, 0.717) is 16.6 Å². The Kier molecular flexibility index (Phi) is 3.70. The summed E-state index contributed by atoms with van der Waals surface area (Å²) in [5.41, 5.74) is 1.70. The molecule has 1 aliphatic carbocycles. The SMILES string of the molecule is CN(CCO)C(=O)c1c2c(n3ccccc13)C(=O)c1ccccc1C2=O. The van der Waals surface area contributed by atoms with Crippen molar-refractivity contribution in [2.45, 2.75) is 0 Å². The molecule has 1 aliphatic rings. The van der Waals surface area contributed by atoms with Crippen LogP contribution in [0.5, 0.6) is 0 Å². The molecule has 0 spiro atoms. The van der Waals surface area contributed by atoms with Crippen LogP contribution in [0.3, 0.4) is 0 Å². The Labute approximate surface area is 149 Å². The Hall–Kier alpha value is -3.25. The molecule has 0 fully saturated rings. The van der Waals surface area contributed by atoms with Crippen LogP contribution in [0.1, 0.15) is 42.3 Å². The molecule has 6 heteroatoms. The number of hydrogen-bond acceptors (Lipinski definition) is 4. The summed E-state index contributed by atoms with van der Waals surface area (Å²) >= 11 is 0. The quantitative estimate of drug-likeness (QED) is 0.612. The highest BCUT2D eigenvalue weighted by Crippen LogP contribution is 2.34. The largest absolute Gasteiger partial charge is 0.395 e. The fourth-order valence-corrected chi connectivity index (χ4v) is 3.45. The van der Waals surface area contributed by atoms with Crippen LogP contribution in [0.2, 0.25) is 0 Å². The third kappa shape index (κ3) is 2.12. The van der Waals surface area contributed by atoms with Crippen LogP contribution >= 0.6 is 0 Å². The highest BCUT2D eigenvalue weighted by atomic mass is 16.3. The van der Waals surface area contributed by atoms with E-state index in [2.05, 4.69) is 0 Å². The van der Waals surface area contributed by atoms with E-state index in [1.165, 1.54) is 4.90 Å². The molecular weight excluding hydrogens is 332 g/mol. The monoisotopic (exact) mass is 348 g/mol. The Bertz CT molecular complexity index is 1080. The molecule has 0 bridgehead atoms. The molecule has 0 unspecified atom stereocenters. The standard InChI is InChI=1S/C20H16N2O4/c1-21(10-11-23)20(26)15-14-8-4-5-9-22(14)17-16(15)18(24)12-6-2-3-7-13(12)19(17)25/h2-9,23H,10-11H2,1H3. The minimum absolute atomic E-state index is 0.134. The van der Waals surface area contributed by atoms with Crippen molar-refractivity contribution in [2.75, 3.05) is 20.2 Å². The van der Waals surface area contributed by atoms with Crippen LogP contribution in [0.25, 0.3) is 5.52 Å². The minimum atomic E-state index is -0.399. The van der Waals surface area contributed by atoms with Crippen LogP contribution in [-0.2, 0) is 0 Å². The molecule has 26 heavy (non-hydrogen) atoms. The zero-order valence-corrected chi connectivity index (χ0v) is 14.1. The van der Waals surface area contributed by atoms with Crippen molar-refractivity contribution < 1.29 is 19.5 Å². The first-order valence-corrected chi connectivity index (χ1v) is 8.24. The fourth-order valence-electron chi connectivity index (χ4n) is 3.45. The summed E-state index contributed by atoms with van der Waals surface area (Å²) in [6.07, 6.45) is 1.68. The number of aliphatic hydroxyl groups is 1. The summed E-state index contributed by atoms with van der Waals surface area (Å²) in [4.78, 5) is 40.5. The van der Waals surface area contributed by atoms with Gasteiger partial charge < -0.3 is 14.4 Å². The van der Waals surface area contributed by atoms with Gasteiger partial charge in [-0.25, -0.2) is 0 Å². The van der Waals surface area contributed by atoms with Crippen molar-refractivity contribution in [1.29, 1.82) is 0 Å². The van der Waals surface area contributed by atoms with E-state index >= 15 is 0 Å². The summed E-state index contributed by atoms with van der Waals surface area (Å²) in [6.45, 7) is -0.0531. The van der Waals surface area contributed by atoms with Gasteiger partial charge >= 0.3 is 0 Å². The molecular formula is C20H16N2O4. The Morgan fingerprint density at radius 2 is 1.69 bits per heavy atom. The maximum absolute atomic E-state index is 13.1. The predicted octanol–water partition coefficient (Wildman–Crippen LogP) is 1.78. The van der Waals surface area contributed by atoms with E-state index in [9.17, 15) is 14.4 Å². The smallest absolute Gasteiger partial charge is 0.256 e. The number of fused-ring (bicyclic) bond motifs is 4. The number of carbonyl (C=O) groups excluding carboxylic acids is 3. The van der Waals surface area contributed by atoms with Gasteiger partial charge in [-0.05, 0) is 12.1 Å². The zero-order valence-electron chi connectivity index (χ0n) is 14.1. The molecule has 0 atom stereocenters. The average Bonchev–Trinajstić information content (AvgIpc) is 3.01. The summed E-state index contributed by atoms with van der Waals surface area (Å²) in [6, 6.07) is 11.9. The predicted molar refractivity (Wildman–Crippen MR) is 94.8 cm³/mol. The van der Waals surface area contributed by atoms with Crippen molar-refractivity contribution in [2.24, 2.45) is 0 Å². The van der Waals surface area contributed by atoms with Crippen molar-refractivity contribution >= 4 is 23.0 Å². The van der Waals surface area contributed by atoms with Gasteiger partial charge in [0.25, 0.3) is 5.91 Å². The van der Waals surface area contributed by atoms with Crippen molar-refractivity contribution in [3.8, 4) is 0 Å². The molecule has 0 radical (unpaired) electrons. The molecule has 1 N–H and O–H groups in total. The van der Waals surface area contributed by atoms with E-state index in [1.54, 1.807) is 60.1 Å². The lowest BCUT2D eigenvalue weighted by atomic mass is 9.86. The molecule has 0 saturated heterocycles. The Morgan fingerprint density at radius 1 is 1.04 bits per heavy atom. The number of ketones is 2. The number of carbonyl (C=O) groups is 3. The van der Waals surface area contributed by atoms with Crippen molar-refractivity contribution in [3.63, 3.8) is 0 Å². The van der Waals surface area contributed by atoms with E-state index in [4.69, 9.17) is 5.11 Å². The zero-order chi connectivity index (χ0) is 18.4. The maximum Gasteiger partial charge on any atom is 0.256 e. The first-order valence-electron chi connectivity index (χ1n) is 8.24. The van der Waals surface area contributed by atoms with Crippen LogP contribution in [0.15, 0.2) is 48.7 Å². The summed E-state index contributed by atoms with van der Waals surface area (Å²) < 4.78 is 1.60. The molecule has 1 amide bonds. The molecule has 2 aromatic heterocycles. The second kappa shape index (κ2) is 5.93. The molecule has 0 aliphatic heterocycles. The van der Waals surface area contributed by atoms with Gasteiger partial charge in [-0.3, -0.25) is 14.4 Å². The number of hydrogen-bond donors (Lipinski definition) is 1. The van der Waals surface area contributed by atoms with E-state index < -0.39 is 5.91 Å². The Balaban J connectivity index is 2.05. The summed E-state index contributed by atoms with van der Waals surface area (Å²) in [7, 11) is 1.56. The summed E-state index contributed by atoms with van der Waals surface area (Å²) in [5.74, 6) is -1.01. The van der Waals surface area contributed by atoms with E-state index in [-0.39, 0.29) is 41.5 Å². The third-order valence-corrected chi connectivity index (χ3v) is 4.70. The lowest BCUT2D eigenvalue weighted by molar-refractivity contribution is 0.0765. The van der Waals surface area contributed by atoms with E-state index in [1.807, 2.05) is 0 Å². The first kappa shape index (κ1) is 16.2. The minimum Gasteiger partial charge on any atom is -0.395 e. The molecule has 1 aromatic carbocycles. The molecule has 6 nitrogen and oxygen atoms in total. The number of aromatic nitrogens is 1. The second-order valence-electron chi connectivity index (χ2n) is 6.21. The molecule has 4 rings (SSSR count). The number of pyridine rings is 1. The highest BCUT2D eigenvalue weighted by molar-refractivity contribution is 6.32. The lowest BCUT2D eigenvalue weighted by Gasteiger charge is -2.18. The molecule has 3 aromatic rings. The maximum atomic E-state index is 13.1. The normalized spacial score (nSPS) is 12.8. The van der Waals surface area contributed by atoms with Gasteiger partial charge in [-0.1, -0.05) is 30.3 Å². The van der Waals surface area contributed by atoms with Gasteiger partial charge in [-0.15, -0.1) is 0 Å². The average molecular weight is 348 g/mol. The van der Waals surface area contributed by atoms with E-state index in [0.717, 1.165) is 0 Å². The third-order valence-electron chi connectivity index (χ3n) is 4.70. The number of likely N-dealkylation sites (N-methyl/N-ethyl adjacent to an activating group) is 1. The van der Waals surface area contributed by atoms with Crippen LogP contribution in [0, 0.1) is 0 Å². The van der Waals surface area contributed by atoms with Crippen LogP contribution in [-0.4, -0.2) is 52.1 Å².